The quantitative estimate of drug-likeness (QED) is 0.357. The second kappa shape index (κ2) is 12.1. The average molecular weight is 613 g/mol. The molecular weight excluding hydrogens is 578 g/mol. The fraction of sp³-hybridized carbons (Fsp3) is 0.400. The topological polar surface area (TPSA) is 109 Å². The van der Waals surface area contributed by atoms with E-state index in [1.54, 1.807) is 18.9 Å². The first-order valence-corrected chi connectivity index (χ1v) is 14.2. The summed E-state index contributed by atoms with van der Waals surface area (Å²) >= 11 is 3.55. The van der Waals surface area contributed by atoms with Crippen molar-refractivity contribution in [2.24, 2.45) is 0 Å². The summed E-state index contributed by atoms with van der Waals surface area (Å²) in [5.41, 5.74) is 0.486. The Hall–Kier alpha value is -3.18. The van der Waals surface area contributed by atoms with Crippen molar-refractivity contribution in [3.8, 4) is 11.5 Å². The summed E-state index contributed by atoms with van der Waals surface area (Å²) in [4.78, 5) is 29.6. The maximum atomic E-state index is 14.6. The predicted molar refractivity (Wildman–Crippen MR) is 156 cm³/mol. The Bertz CT molecular complexity index is 1390. The molecule has 2 aliphatic rings. The molecule has 0 radical (unpaired) electrons. The van der Waals surface area contributed by atoms with Crippen molar-refractivity contribution < 1.29 is 28.9 Å². The van der Waals surface area contributed by atoms with Crippen LogP contribution in [0.1, 0.15) is 25.3 Å². The second-order valence-corrected chi connectivity index (χ2v) is 11.0. The molecule has 9 nitrogen and oxygen atoms in total. The molecule has 0 bridgehead atoms. The van der Waals surface area contributed by atoms with Crippen LogP contribution in [0.4, 0.5) is 5.69 Å². The van der Waals surface area contributed by atoms with Gasteiger partial charge in [0.15, 0.2) is 0 Å². The Morgan fingerprint density at radius 1 is 1.20 bits per heavy atom. The Balaban J connectivity index is 1.60. The zero-order valence-electron chi connectivity index (χ0n) is 22.6. The van der Waals surface area contributed by atoms with E-state index in [1.165, 1.54) is 0 Å². The standard InChI is InChI=1S/C30H34BrN3O6/c1-19(32-13-14-35)28(36)33-27-29(37)34(18-23-22-9-8-21(31)17-20(22)7-10-25(23)38-2)24-5-3-4-6-26(24)40-30(27)11-15-39-16-12-30/h3-10,17,19,27,32,35H,11-16,18H2,1-2H3,(H,33,36)/t19-,27+/m0/s1. The highest BCUT2D eigenvalue weighted by Gasteiger charge is 2.51. The molecule has 10 heteroatoms. The van der Waals surface area contributed by atoms with Gasteiger partial charge in [-0.25, -0.2) is 0 Å². The lowest BCUT2D eigenvalue weighted by Gasteiger charge is -2.41. The largest absolute Gasteiger partial charge is 0.496 e. The Kier molecular flexibility index (Phi) is 8.60. The van der Waals surface area contributed by atoms with E-state index >= 15 is 0 Å². The highest BCUT2D eigenvalue weighted by atomic mass is 79.9. The van der Waals surface area contributed by atoms with Crippen molar-refractivity contribution >= 4 is 44.2 Å². The molecule has 3 N–H and O–H groups in total. The number of hydrogen-bond acceptors (Lipinski definition) is 7. The maximum Gasteiger partial charge on any atom is 0.254 e. The van der Waals surface area contributed by atoms with Gasteiger partial charge >= 0.3 is 0 Å². The van der Waals surface area contributed by atoms with Crippen LogP contribution in [0.15, 0.2) is 59.1 Å². The van der Waals surface area contributed by atoms with Gasteiger partial charge in [-0.2, -0.15) is 0 Å². The molecule has 2 atom stereocenters. The minimum absolute atomic E-state index is 0.100. The van der Waals surface area contributed by atoms with E-state index in [4.69, 9.17) is 14.2 Å². The molecule has 2 heterocycles. The molecule has 1 saturated heterocycles. The number of ether oxygens (including phenoxy) is 3. The molecule has 2 amide bonds. The van der Waals surface area contributed by atoms with E-state index in [-0.39, 0.29) is 31.5 Å². The number of fused-ring (bicyclic) bond motifs is 2. The lowest BCUT2D eigenvalue weighted by atomic mass is 9.84. The summed E-state index contributed by atoms with van der Waals surface area (Å²) in [6, 6.07) is 15.8. The van der Waals surface area contributed by atoms with Gasteiger partial charge in [0, 0.05) is 29.4 Å². The monoisotopic (exact) mass is 611 g/mol. The van der Waals surface area contributed by atoms with Crippen LogP contribution in [0.3, 0.4) is 0 Å². The first kappa shape index (κ1) is 28.4. The number of amides is 2. The SMILES string of the molecule is COc1ccc2cc(Br)ccc2c1CN1C(=O)[C@@H](NC(=O)[C@H](C)NCCO)C2(CCOCC2)Oc2ccccc21. The van der Waals surface area contributed by atoms with Gasteiger partial charge in [0.05, 0.1) is 45.2 Å². The van der Waals surface area contributed by atoms with E-state index in [2.05, 4.69) is 26.6 Å². The van der Waals surface area contributed by atoms with Gasteiger partial charge in [-0.15, -0.1) is 0 Å². The molecular formula is C30H34BrN3O6. The summed E-state index contributed by atoms with van der Waals surface area (Å²) in [5, 5.41) is 17.2. The van der Waals surface area contributed by atoms with Crippen LogP contribution in [0.5, 0.6) is 11.5 Å². The minimum Gasteiger partial charge on any atom is -0.496 e. The van der Waals surface area contributed by atoms with Crippen LogP contribution in [-0.4, -0.2) is 68.1 Å². The van der Waals surface area contributed by atoms with Crippen LogP contribution in [0, 0.1) is 0 Å². The van der Waals surface area contributed by atoms with Crippen molar-refractivity contribution in [3.05, 3.63) is 64.6 Å². The third-order valence-electron chi connectivity index (χ3n) is 7.68. The summed E-state index contributed by atoms with van der Waals surface area (Å²) in [6.07, 6.45) is 0.881. The number of carbonyl (C=O) groups is 2. The zero-order valence-corrected chi connectivity index (χ0v) is 24.2. The van der Waals surface area contributed by atoms with Gasteiger partial charge in [0.1, 0.15) is 23.1 Å². The number of aliphatic hydroxyl groups is 1. The number of para-hydroxylation sites is 2. The highest BCUT2D eigenvalue weighted by Crippen LogP contribution is 2.42. The Morgan fingerprint density at radius 3 is 2.73 bits per heavy atom. The molecule has 0 unspecified atom stereocenters. The van der Waals surface area contributed by atoms with Crippen molar-refractivity contribution in [3.63, 3.8) is 0 Å². The van der Waals surface area contributed by atoms with Gasteiger partial charge in [-0.1, -0.05) is 40.2 Å². The Morgan fingerprint density at radius 2 is 1.98 bits per heavy atom. The van der Waals surface area contributed by atoms with E-state index in [9.17, 15) is 14.7 Å². The normalized spacial score (nSPS) is 19.1. The lowest BCUT2D eigenvalue weighted by Crippen LogP contribution is -2.65. The van der Waals surface area contributed by atoms with E-state index in [0.717, 1.165) is 20.8 Å². The highest BCUT2D eigenvalue weighted by molar-refractivity contribution is 9.10. The number of rotatable bonds is 8. The van der Waals surface area contributed by atoms with E-state index in [1.807, 2.05) is 54.6 Å². The van der Waals surface area contributed by atoms with Gasteiger partial charge in [0.2, 0.25) is 5.91 Å². The molecule has 1 spiro atoms. The number of methoxy groups -OCH3 is 1. The number of carbonyl (C=O) groups excluding carboxylic acids is 2. The van der Waals surface area contributed by atoms with Gasteiger partial charge in [-0.05, 0) is 48.0 Å². The minimum atomic E-state index is -0.986. The van der Waals surface area contributed by atoms with Gasteiger partial charge in [-0.3, -0.25) is 9.59 Å². The van der Waals surface area contributed by atoms with Crippen LogP contribution in [0.25, 0.3) is 10.8 Å². The zero-order chi connectivity index (χ0) is 28.3. The first-order valence-electron chi connectivity index (χ1n) is 13.4. The Labute approximate surface area is 241 Å². The van der Waals surface area contributed by atoms with Crippen molar-refractivity contribution in [1.82, 2.24) is 10.6 Å². The fourth-order valence-corrected chi connectivity index (χ4v) is 5.89. The third-order valence-corrected chi connectivity index (χ3v) is 8.17. The maximum absolute atomic E-state index is 14.6. The van der Waals surface area contributed by atoms with E-state index in [0.29, 0.717) is 43.2 Å². The summed E-state index contributed by atoms with van der Waals surface area (Å²) in [6.45, 7) is 2.89. The number of aliphatic hydroxyl groups excluding tert-OH is 1. The number of halogens is 1. The van der Waals surface area contributed by atoms with Crippen molar-refractivity contribution in [2.75, 3.05) is 38.4 Å². The smallest absolute Gasteiger partial charge is 0.254 e. The molecule has 40 heavy (non-hydrogen) atoms. The molecule has 2 aliphatic heterocycles. The van der Waals surface area contributed by atoms with Gasteiger partial charge in [0.25, 0.3) is 5.91 Å². The summed E-state index contributed by atoms with van der Waals surface area (Å²) < 4.78 is 19.1. The molecule has 0 saturated carbocycles. The summed E-state index contributed by atoms with van der Waals surface area (Å²) in [5.74, 6) is 0.613. The molecule has 0 aromatic heterocycles. The lowest BCUT2D eigenvalue weighted by molar-refractivity contribution is -0.138. The molecule has 3 aromatic carbocycles. The van der Waals surface area contributed by atoms with Gasteiger partial charge < -0.3 is 34.9 Å². The van der Waals surface area contributed by atoms with Crippen molar-refractivity contribution in [1.29, 1.82) is 0 Å². The number of anilines is 1. The molecule has 3 aromatic rings. The number of benzene rings is 3. The van der Waals surface area contributed by atoms with Crippen LogP contribution in [0.2, 0.25) is 0 Å². The fourth-order valence-electron chi connectivity index (χ4n) is 5.51. The molecule has 212 valence electrons. The van der Waals surface area contributed by atoms with Crippen LogP contribution in [-0.2, 0) is 20.9 Å². The number of nitrogens with zero attached hydrogens (tertiary/aromatic N) is 1. The number of nitrogens with one attached hydrogen (secondary N) is 2. The van der Waals surface area contributed by atoms with Crippen LogP contribution >= 0.6 is 15.9 Å². The number of hydrogen-bond donors (Lipinski definition) is 3. The molecule has 5 rings (SSSR count). The molecule has 0 aliphatic carbocycles. The van der Waals surface area contributed by atoms with Crippen molar-refractivity contribution in [2.45, 2.75) is 44.0 Å². The van der Waals surface area contributed by atoms with Crippen LogP contribution < -0.4 is 25.0 Å². The average Bonchev–Trinajstić information content (AvgIpc) is 3.05. The molecule has 1 fully saturated rings. The summed E-state index contributed by atoms with van der Waals surface area (Å²) in [7, 11) is 1.62. The first-order chi connectivity index (χ1) is 19.4. The van der Waals surface area contributed by atoms with E-state index < -0.39 is 17.7 Å². The second-order valence-electron chi connectivity index (χ2n) is 10.1. The predicted octanol–water partition coefficient (Wildman–Crippen LogP) is 3.54. The third kappa shape index (κ3) is 5.54.